The van der Waals surface area contributed by atoms with Crippen LogP contribution in [0.2, 0.25) is 0 Å². The molecule has 1 N–H and O–H groups in total. The molecule has 0 heterocycles. The van der Waals surface area contributed by atoms with Crippen LogP contribution in [-0.2, 0) is 10.2 Å². The van der Waals surface area contributed by atoms with Crippen LogP contribution in [0.1, 0.15) is 63.9 Å². The number of aliphatic carboxylic acids is 1. The fourth-order valence-corrected chi connectivity index (χ4v) is 6.19. The highest BCUT2D eigenvalue weighted by molar-refractivity contribution is 5.69. The predicted octanol–water partition coefficient (Wildman–Crippen LogP) is 5.03. The Morgan fingerprint density at radius 2 is 1.68 bits per heavy atom. The van der Waals surface area contributed by atoms with E-state index in [0.717, 1.165) is 23.5 Å². The third kappa shape index (κ3) is 3.30. The molecule has 5 rings (SSSR count). The largest absolute Gasteiger partial charge is 0.494 e. The molecule has 3 nitrogen and oxygen atoms in total. The van der Waals surface area contributed by atoms with Crippen LogP contribution in [0, 0.1) is 23.7 Å². The molecule has 4 aliphatic carbocycles. The molecule has 1 atom stereocenters. The van der Waals surface area contributed by atoms with E-state index in [2.05, 4.69) is 24.3 Å². The van der Waals surface area contributed by atoms with Crippen molar-refractivity contribution in [3.63, 3.8) is 0 Å². The van der Waals surface area contributed by atoms with Gasteiger partial charge in [0, 0.05) is 0 Å². The van der Waals surface area contributed by atoms with E-state index in [1.165, 1.54) is 44.1 Å². The molecular formula is C22H30O3. The fourth-order valence-electron chi connectivity index (χ4n) is 6.19. The summed E-state index contributed by atoms with van der Waals surface area (Å²) >= 11 is 0. The molecule has 4 aliphatic rings. The summed E-state index contributed by atoms with van der Waals surface area (Å²) in [6.45, 7) is 2.39. The predicted molar refractivity (Wildman–Crippen MR) is 97.8 cm³/mol. The Hall–Kier alpha value is -1.51. The lowest BCUT2D eigenvalue weighted by Gasteiger charge is -2.57. The second-order valence-electron chi connectivity index (χ2n) is 8.80. The number of carboxylic acid groups (broad SMARTS) is 1. The number of carbonyl (C=O) groups is 1. The van der Waals surface area contributed by atoms with Crippen molar-refractivity contribution in [3.05, 3.63) is 29.8 Å². The van der Waals surface area contributed by atoms with Crippen LogP contribution in [0.25, 0.3) is 0 Å². The Morgan fingerprint density at radius 3 is 2.16 bits per heavy atom. The summed E-state index contributed by atoms with van der Waals surface area (Å²) in [6.07, 6.45) is 9.81. The van der Waals surface area contributed by atoms with Gasteiger partial charge in [0.1, 0.15) is 5.75 Å². The van der Waals surface area contributed by atoms with Gasteiger partial charge < -0.3 is 9.84 Å². The van der Waals surface area contributed by atoms with Crippen LogP contribution in [-0.4, -0.2) is 17.7 Å². The van der Waals surface area contributed by atoms with Crippen LogP contribution in [0.5, 0.6) is 5.75 Å². The lowest BCUT2D eigenvalue weighted by atomic mass is 9.48. The Kier molecular flexibility index (Phi) is 4.51. The van der Waals surface area contributed by atoms with Gasteiger partial charge in [-0.2, -0.15) is 0 Å². The van der Waals surface area contributed by atoms with E-state index in [-0.39, 0.29) is 5.92 Å². The first-order valence-electron chi connectivity index (χ1n) is 10.0. The fraction of sp³-hybridized carbons (Fsp3) is 0.682. The monoisotopic (exact) mass is 342 g/mol. The van der Waals surface area contributed by atoms with Crippen LogP contribution in [0.3, 0.4) is 0 Å². The molecule has 0 aliphatic heterocycles. The average molecular weight is 342 g/mol. The molecule has 1 unspecified atom stereocenters. The first-order valence-corrected chi connectivity index (χ1v) is 10.0. The van der Waals surface area contributed by atoms with Gasteiger partial charge in [-0.25, -0.2) is 0 Å². The molecule has 0 aromatic heterocycles. The van der Waals surface area contributed by atoms with Crippen LogP contribution in [0.4, 0.5) is 0 Å². The summed E-state index contributed by atoms with van der Waals surface area (Å²) in [5.41, 5.74) is 1.94. The maximum atomic E-state index is 11.1. The van der Waals surface area contributed by atoms with E-state index < -0.39 is 5.97 Å². The zero-order valence-corrected chi connectivity index (χ0v) is 15.2. The number of benzene rings is 1. The van der Waals surface area contributed by atoms with E-state index in [0.29, 0.717) is 24.9 Å². The maximum Gasteiger partial charge on any atom is 0.306 e. The second kappa shape index (κ2) is 6.66. The summed E-state index contributed by atoms with van der Waals surface area (Å²) in [5.74, 6) is 2.74. The number of hydrogen-bond donors (Lipinski definition) is 1. The van der Waals surface area contributed by atoms with E-state index in [1.54, 1.807) is 0 Å². The van der Waals surface area contributed by atoms with Gasteiger partial charge in [0.05, 0.1) is 12.5 Å². The highest BCUT2D eigenvalue weighted by Crippen LogP contribution is 2.60. The molecule has 0 spiro atoms. The SMILES string of the molecule is CCC(CCOc1ccc(C23CC4CC(CC(C4)C2)C3)cc1)C(=O)O. The molecule has 0 amide bonds. The molecule has 1 aromatic rings. The molecule has 4 fully saturated rings. The minimum atomic E-state index is -0.719. The van der Waals surface area contributed by atoms with Crippen molar-refractivity contribution in [2.45, 2.75) is 63.7 Å². The second-order valence-corrected chi connectivity index (χ2v) is 8.80. The summed E-state index contributed by atoms with van der Waals surface area (Å²) in [6, 6.07) is 8.74. The van der Waals surface area contributed by atoms with Gasteiger partial charge in [-0.05, 0) is 92.2 Å². The zero-order chi connectivity index (χ0) is 17.4. The molecule has 3 heteroatoms. The Bertz CT molecular complexity index is 583. The van der Waals surface area contributed by atoms with Crippen molar-refractivity contribution >= 4 is 5.97 Å². The van der Waals surface area contributed by atoms with Crippen molar-refractivity contribution in [3.8, 4) is 5.75 Å². The van der Waals surface area contributed by atoms with Crippen LogP contribution < -0.4 is 4.74 Å². The van der Waals surface area contributed by atoms with Gasteiger partial charge in [-0.15, -0.1) is 0 Å². The molecule has 1 aromatic carbocycles. The molecule has 25 heavy (non-hydrogen) atoms. The molecule has 4 saturated carbocycles. The van der Waals surface area contributed by atoms with Gasteiger partial charge in [0.15, 0.2) is 0 Å². The first kappa shape index (κ1) is 16.9. The highest BCUT2D eigenvalue weighted by atomic mass is 16.5. The van der Waals surface area contributed by atoms with Gasteiger partial charge in [-0.3, -0.25) is 4.79 Å². The molecule has 0 radical (unpaired) electrons. The van der Waals surface area contributed by atoms with E-state index in [1.807, 2.05) is 6.92 Å². The van der Waals surface area contributed by atoms with Gasteiger partial charge in [0.25, 0.3) is 0 Å². The number of carboxylic acids is 1. The lowest BCUT2D eigenvalue weighted by molar-refractivity contribution is -0.142. The number of rotatable bonds is 7. The Balaban J connectivity index is 1.38. The minimum absolute atomic E-state index is 0.300. The third-order valence-corrected chi connectivity index (χ3v) is 7.08. The summed E-state index contributed by atoms with van der Waals surface area (Å²) in [5, 5.41) is 9.10. The molecule has 0 saturated heterocycles. The van der Waals surface area contributed by atoms with E-state index in [9.17, 15) is 4.79 Å². The normalized spacial score (nSPS) is 34.0. The highest BCUT2D eigenvalue weighted by Gasteiger charge is 2.51. The molecule has 136 valence electrons. The molecular weight excluding hydrogens is 312 g/mol. The van der Waals surface area contributed by atoms with Gasteiger partial charge in [-0.1, -0.05) is 19.1 Å². The summed E-state index contributed by atoms with van der Waals surface area (Å²) in [7, 11) is 0. The Labute approximate surface area is 150 Å². The molecule has 4 bridgehead atoms. The van der Waals surface area contributed by atoms with Crippen LogP contribution >= 0.6 is 0 Å². The van der Waals surface area contributed by atoms with Crippen molar-refractivity contribution in [1.29, 1.82) is 0 Å². The standard InChI is InChI=1S/C22H30O3/c1-2-18(21(23)24)7-8-25-20-5-3-19(4-6-20)22-12-15-9-16(13-22)11-17(10-15)14-22/h3-6,15-18H,2,7-14H2,1H3,(H,23,24). The summed E-state index contributed by atoms with van der Waals surface area (Å²) in [4.78, 5) is 11.1. The van der Waals surface area contributed by atoms with E-state index in [4.69, 9.17) is 9.84 Å². The van der Waals surface area contributed by atoms with Gasteiger partial charge in [0.2, 0.25) is 0 Å². The maximum absolute atomic E-state index is 11.1. The third-order valence-electron chi connectivity index (χ3n) is 7.08. The topological polar surface area (TPSA) is 46.5 Å². The zero-order valence-electron chi connectivity index (χ0n) is 15.2. The van der Waals surface area contributed by atoms with Crippen molar-refractivity contribution in [2.24, 2.45) is 23.7 Å². The van der Waals surface area contributed by atoms with Gasteiger partial charge >= 0.3 is 5.97 Å². The summed E-state index contributed by atoms with van der Waals surface area (Å²) < 4.78 is 5.80. The van der Waals surface area contributed by atoms with E-state index >= 15 is 0 Å². The first-order chi connectivity index (χ1) is 12.1. The van der Waals surface area contributed by atoms with Crippen molar-refractivity contribution < 1.29 is 14.6 Å². The minimum Gasteiger partial charge on any atom is -0.494 e. The lowest BCUT2D eigenvalue weighted by Crippen LogP contribution is -2.48. The number of ether oxygens (including phenoxy) is 1. The smallest absolute Gasteiger partial charge is 0.306 e. The average Bonchev–Trinajstić information content (AvgIpc) is 2.58. The van der Waals surface area contributed by atoms with Crippen molar-refractivity contribution in [1.82, 2.24) is 0 Å². The van der Waals surface area contributed by atoms with Crippen molar-refractivity contribution in [2.75, 3.05) is 6.61 Å². The quantitative estimate of drug-likeness (QED) is 0.755. The Morgan fingerprint density at radius 1 is 1.12 bits per heavy atom. The van der Waals surface area contributed by atoms with Crippen LogP contribution in [0.15, 0.2) is 24.3 Å². The number of hydrogen-bond acceptors (Lipinski definition) is 2.